The van der Waals surface area contributed by atoms with E-state index in [1.807, 2.05) is 0 Å². The molecule has 1 aliphatic heterocycles. The Morgan fingerprint density at radius 1 is 1.29 bits per heavy atom. The zero-order valence-electron chi connectivity index (χ0n) is 8.57. The van der Waals surface area contributed by atoms with Gasteiger partial charge in [0.05, 0.1) is 13.2 Å². The molecule has 0 amide bonds. The fourth-order valence-electron chi connectivity index (χ4n) is 1.85. The van der Waals surface area contributed by atoms with Crippen LogP contribution in [0.4, 0.5) is 0 Å². The third kappa shape index (κ3) is 2.14. The Balaban J connectivity index is 2.00. The molecule has 2 N–H and O–H groups in total. The standard InChI is InChI=1S/C12H17NO/c1-9-2-4-10(5-3-9)6-11-7-14-8-12(11)13/h2-5,11-12H,6-8,13H2,1H3. The molecule has 76 valence electrons. The summed E-state index contributed by atoms with van der Waals surface area (Å²) in [7, 11) is 0. The van der Waals surface area contributed by atoms with E-state index in [0.717, 1.165) is 19.6 Å². The largest absolute Gasteiger partial charge is 0.379 e. The molecule has 1 heterocycles. The Kier molecular flexibility index (Phi) is 2.85. The second-order valence-electron chi connectivity index (χ2n) is 4.15. The minimum Gasteiger partial charge on any atom is -0.379 e. The highest BCUT2D eigenvalue weighted by Gasteiger charge is 2.24. The molecular weight excluding hydrogens is 174 g/mol. The zero-order valence-corrected chi connectivity index (χ0v) is 8.57. The van der Waals surface area contributed by atoms with Gasteiger partial charge in [-0.2, -0.15) is 0 Å². The minimum absolute atomic E-state index is 0.219. The van der Waals surface area contributed by atoms with Crippen molar-refractivity contribution in [3.05, 3.63) is 35.4 Å². The topological polar surface area (TPSA) is 35.2 Å². The summed E-state index contributed by atoms with van der Waals surface area (Å²) in [6.07, 6.45) is 1.04. The van der Waals surface area contributed by atoms with E-state index in [4.69, 9.17) is 10.5 Å². The Bertz CT molecular complexity index is 294. The van der Waals surface area contributed by atoms with Crippen molar-refractivity contribution < 1.29 is 4.74 Å². The molecule has 0 bridgehead atoms. The zero-order chi connectivity index (χ0) is 9.97. The number of hydrogen-bond acceptors (Lipinski definition) is 2. The van der Waals surface area contributed by atoms with Gasteiger partial charge in [0.2, 0.25) is 0 Å². The molecule has 2 heteroatoms. The van der Waals surface area contributed by atoms with E-state index >= 15 is 0 Å². The monoisotopic (exact) mass is 191 g/mol. The van der Waals surface area contributed by atoms with Crippen LogP contribution in [0.1, 0.15) is 11.1 Å². The van der Waals surface area contributed by atoms with Crippen LogP contribution in [0, 0.1) is 12.8 Å². The van der Waals surface area contributed by atoms with Crippen LogP contribution in [0.25, 0.3) is 0 Å². The van der Waals surface area contributed by atoms with Crippen LogP contribution in [0.15, 0.2) is 24.3 Å². The maximum atomic E-state index is 5.93. The first-order chi connectivity index (χ1) is 6.75. The summed E-state index contributed by atoms with van der Waals surface area (Å²) in [5, 5.41) is 0. The van der Waals surface area contributed by atoms with Gasteiger partial charge >= 0.3 is 0 Å². The summed E-state index contributed by atoms with van der Waals surface area (Å²) < 4.78 is 5.34. The minimum atomic E-state index is 0.219. The van der Waals surface area contributed by atoms with E-state index < -0.39 is 0 Å². The van der Waals surface area contributed by atoms with E-state index in [1.165, 1.54) is 11.1 Å². The Hall–Kier alpha value is -0.860. The van der Waals surface area contributed by atoms with Crippen molar-refractivity contribution >= 4 is 0 Å². The van der Waals surface area contributed by atoms with Crippen molar-refractivity contribution in [2.45, 2.75) is 19.4 Å². The lowest BCUT2D eigenvalue weighted by Crippen LogP contribution is -2.29. The second kappa shape index (κ2) is 4.11. The SMILES string of the molecule is Cc1ccc(CC2COCC2N)cc1. The second-order valence-corrected chi connectivity index (χ2v) is 4.15. The average Bonchev–Trinajstić information content (AvgIpc) is 2.56. The first-order valence-electron chi connectivity index (χ1n) is 5.14. The third-order valence-corrected chi connectivity index (χ3v) is 2.87. The van der Waals surface area contributed by atoms with Crippen LogP contribution in [0.3, 0.4) is 0 Å². The molecule has 0 radical (unpaired) electrons. The van der Waals surface area contributed by atoms with Gasteiger partial charge in [0.1, 0.15) is 0 Å². The molecule has 0 aliphatic carbocycles. The summed E-state index contributed by atoms with van der Waals surface area (Å²) >= 11 is 0. The van der Waals surface area contributed by atoms with Gasteiger partial charge in [-0.25, -0.2) is 0 Å². The molecule has 1 aromatic rings. The molecule has 2 atom stereocenters. The molecule has 2 nitrogen and oxygen atoms in total. The fraction of sp³-hybridized carbons (Fsp3) is 0.500. The lowest BCUT2D eigenvalue weighted by atomic mass is 9.95. The van der Waals surface area contributed by atoms with Gasteiger partial charge in [-0.3, -0.25) is 0 Å². The molecule has 0 spiro atoms. The van der Waals surface area contributed by atoms with E-state index in [1.54, 1.807) is 0 Å². The summed E-state index contributed by atoms with van der Waals surface area (Å²) in [5.41, 5.74) is 8.60. The van der Waals surface area contributed by atoms with Crippen LogP contribution in [0.2, 0.25) is 0 Å². The van der Waals surface area contributed by atoms with Gasteiger partial charge in [0.25, 0.3) is 0 Å². The molecule has 2 rings (SSSR count). The molecule has 1 saturated heterocycles. The third-order valence-electron chi connectivity index (χ3n) is 2.87. The van der Waals surface area contributed by atoms with Gasteiger partial charge in [0, 0.05) is 12.0 Å². The highest BCUT2D eigenvalue weighted by Crippen LogP contribution is 2.17. The Labute approximate surface area is 85.1 Å². The smallest absolute Gasteiger partial charge is 0.0621 e. The fourth-order valence-corrected chi connectivity index (χ4v) is 1.85. The quantitative estimate of drug-likeness (QED) is 0.769. The molecule has 0 saturated carbocycles. The predicted octanol–water partition coefficient (Wildman–Crippen LogP) is 1.51. The van der Waals surface area contributed by atoms with Gasteiger partial charge in [0.15, 0.2) is 0 Å². The molecule has 14 heavy (non-hydrogen) atoms. The van der Waals surface area contributed by atoms with Gasteiger partial charge in [-0.1, -0.05) is 29.8 Å². The molecule has 2 unspecified atom stereocenters. The van der Waals surface area contributed by atoms with E-state index in [0.29, 0.717) is 5.92 Å². The number of nitrogens with two attached hydrogens (primary N) is 1. The molecule has 1 aliphatic rings. The van der Waals surface area contributed by atoms with Gasteiger partial charge in [-0.15, -0.1) is 0 Å². The number of rotatable bonds is 2. The Morgan fingerprint density at radius 3 is 2.57 bits per heavy atom. The van der Waals surface area contributed by atoms with Crippen molar-refractivity contribution in [2.24, 2.45) is 11.7 Å². The first kappa shape index (κ1) is 9.69. The van der Waals surface area contributed by atoms with Crippen LogP contribution < -0.4 is 5.73 Å². The van der Waals surface area contributed by atoms with Crippen LogP contribution in [0.5, 0.6) is 0 Å². The van der Waals surface area contributed by atoms with Gasteiger partial charge < -0.3 is 10.5 Å². The van der Waals surface area contributed by atoms with Crippen LogP contribution in [-0.2, 0) is 11.2 Å². The summed E-state index contributed by atoms with van der Waals surface area (Å²) in [6, 6.07) is 8.88. The van der Waals surface area contributed by atoms with Crippen molar-refractivity contribution in [1.82, 2.24) is 0 Å². The van der Waals surface area contributed by atoms with E-state index in [2.05, 4.69) is 31.2 Å². The predicted molar refractivity (Wildman–Crippen MR) is 57.2 cm³/mol. The highest BCUT2D eigenvalue weighted by atomic mass is 16.5. The molecular formula is C12H17NO. The number of benzene rings is 1. The normalized spacial score (nSPS) is 26.7. The lowest BCUT2D eigenvalue weighted by molar-refractivity contribution is 0.184. The Morgan fingerprint density at radius 2 is 2.00 bits per heavy atom. The van der Waals surface area contributed by atoms with Crippen LogP contribution >= 0.6 is 0 Å². The molecule has 1 aromatic carbocycles. The van der Waals surface area contributed by atoms with Gasteiger partial charge in [-0.05, 0) is 18.9 Å². The van der Waals surface area contributed by atoms with Crippen molar-refractivity contribution in [3.63, 3.8) is 0 Å². The highest BCUT2D eigenvalue weighted by molar-refractivity contribution is 5.22. The van der Waals surface area contributed by atoms with Crippen molar-refractivity contribution in [1.29, 1.82) is 0 Å². The average molecular weight is 191 g/mol. The van der Waals surface area contributed by atoms with E-state index in [9.17, 15) is 0 Å². The van der Waals surface area contributed by atoms with Crippen molar-refractivity contribution in [3.8, 4) is 0 Å². The number of hydrogen-bond donors (Lipinski definition) is 1. The first-order valence-corrected chi connectivity index (χ1v) is 5.14. The van der Waals surface area contributed by atoms with Crippen molar-refractivity contribution in [2.75, 3.05) is 13.2 Å². The summed E-state index contributed by atoms with van der Waals surface area (Å²) in [4.78, 5) is 0. The summed E-state index contributed by atoms with van der Waals surface area (Å²) in [5.74, 6) is 0.498. The number of aryl methyl sites for hydroxylation is 1. The maximum absolute atomic E-state index is 5.93. The van der Waals surface area contributed by atoms with E-state index in [-0.39, 0.29) is 6.04 Å². The lowest BCUT2D eigenvalue weighted by Gasteiger charge is -2.12. The maximum Gasteiger partial charge on any atom is 0.0621 e. The molecule has 0 aromatic heterocycles. The van der Waals surface area contributed by atoms with Crippen LogP contribution in [-0.4, -0.2) is 19.3 Å². The molecule has 1 fully saturated rings. The summed E-state index contributed by atoms with van der Waals surface area (Å²) in [6.45, 7) is 3.64. The number of ether oxygens (including phenoxy) is 1.